The van der Waals surface area contributed by atoms with E-state index in [0.717, 1.165) is 94.4 Å². The van der Waals surface area contributed by atoms with Gasteiger partial charge in [0.25, 0.3) is 0 Å². The van der Waals surface area contributed by atoms with Crippen molar-refractivity contribution in [2.75, 3.05) is 0 Å². The molecule has 0 saturated heterocycles. The SMILES string of the molecule is N#Cc1c(-n2c3ccccc3c3cc(-c4ccnc(-c5ccccc5)c4)ccc32)cc(-c2cccc(C(F)(F)F)c2)cc1-n1c2ccccc2c2cc(-c3ccnc(-c4ccccc4)c3)ccc21. The molecule has 0 amide bonds. The normalized spacial score (nSPS) is 11.7. The largest absolute Gasteiger partial charge is 0.416 e. The monoisotopic (exact) mass is 883 g/mol. The first-order valence-electron chi connectivity index (χ1n) is 22.2. The third-order valence-electron chi connectivity index (χ3n) is 12.9. The number of para-hydroxylation sites is 2. The van der Waals surface area contributed by atoms with Crippen LogP contribution < -0.4 is 0 Å². The molecule has 4 aromatic heterocycles. The first-order chi connectivity index (χ1) is 33.3. The van der Waals surface area contributed by atoms with E-state index in [4.69, 9.17) is 0 Å². The number of rotatable bonds is 7. The lowest BCUT2D eigenvalue weighted by molar-refractivity contribution is -0.137. The van der Waals surface area contributed by atoms with Gasteiger partial charge in [-0.2, -0.15) is 18.4 Å². The number of nitriles is 1. The van der Waals surface area contributed by atoms with Gasteiger partial charge in [-0.25, -0.2) is 0 Å². The summed E-state index contributed by atoms with van der Waals surface area (Å²) in [6, 6.07) is 68.7. The van der Waals surface area contributed by atoms with Crippen molar-refractivity contribution < 1.29 is 13.2 Å². The maximum atomic E-state index is 14.4. The summed E-state index contributed by atoms with van der Waals surface area (Å²) in [6.07, 6.45) is -0.917. The smallest absolute Gasteiger partial charge is 0.308 e. The second kappa shape index (κ2) is 16.1. The van der Waals surface area contributed by atoms with Gasteiger partial charge in [-0.1, -0.05) is 121 Å². The predicted octanol–water partition coefficient (Wildman–Crippen LogP) is 15.9. The minimum atomic E-state index is -4.56. The van der Waals surface area contributed by atoms with Crippen molar-refractivity contribution in [3.63, 3.8) is 0 Å². The van der Waals surface area contributed by atoms with Gasteiger partial charge >= 0.3 is 6.18 Å². The maximum Gasteiger partial charge on any atom is 0.416 e. The van der Waals surface area contributed by atoms with Gasteiger partial charge in [0, 0.05) is 45.1 Å². The molecule has 0 spiro atoms. The molecule has 0 unspecified atom stereocenters. The molecule has 0 saturated carbocycles. The van der Waals surface area contributed by atoms with Crippen molar-refractivity contribution in [2.24, 2.45) is 0 Å². The Balaban J connectivity index is 1.10. The van der Waals surface area contributed by atoms with Crippen LogP contribution in [0.3, 0.4) is 0 Å². The van der Waals surface area contributed by atoms with E-state index in [1.807, 2.05) is 134 Å². The lowest BCUT2D eigenvalue weighted by atomic mass is 9.98. The minimum absolute atomic E-state index is 0.363. The maximum absolute atomic E-state index is 14.4. The Morgan fingerprint density at radius 3 is 1.28 bits per heavy atom. The lowest BCUT2D eigenvalue weighted by Crippen LogP contribution is -2.06. The van der Waals surface area contributed by atoms with Crippen molar-refractivity contribution in [1.82, 2.24) is 19.1 Å². The molecule has 4 heterocycles. The average molecular weight is 884 g/mol. The van der Waals surface area contributed by atoms with E-state index in [1.54, 1.807) is 6.07 Å². The second-order valence-corrected chi connectivity index (χ2v) is 16.8. The number of alkyl halides is 3. The molecule has 0 aliphatic heterocycles. The molecule has 0 radical (unpaired) electrons. The molecule has 0 aliphatic rings. The number of aromatic nitrogens is 4. The summed E-state index contributed by atoms with van der Waals surface area (Å²) >= 11 is 0. The molecule has 12 aromatic rings. The van der Waals surface area contributed by atoms with Gasteiger partial charge in [-0.15, -0.1) is 0 Å². The molecular weight excluding hydrogens is 848 g/mol. The predicted molar refractivity (Wildman–Crippen MR) is 268 cm³/mol. The van der Waals surface area contributed by atoms with E-state index < -0.39 is 11.7 Å². The number of halogens is 3. The van der Waals surface area contributed by atoms with Crippen molar-refractivity contribution in [1.29, 1.82) is 5.26 Å². The van der Waals surface area contributed by atoms with Crippen LogP contribution in [0.5, 0.6) is 0 Å². The van der Waals surface area contributed by atoms with Crippen LogP contribution in [-0.2, 0) is 6.18 Å². The molecule has 322 valence electrons. The Morgan fingerprint density at radius 1 is 0.368 bits per heavy atom. The number of fused-ring (bicyclic) bond motifs is 6. The highest BCUT2D eigenvalue weighted by atomic mass is 19.4. The van der Waals surface area contributed by atoms with Gasteiger partial charge in [-0.05, 0) is 118 Å². The van der Waals surface area contributed by atoms with E-state index in [2.05, 4.69) is 85.8 Å². The number of pyridine rings is 2. The molecule has 12 rings (SSSR count). The number of nitrogens with zero attached hydrogens (tertiary/aromatic N) is 5. The summed E-state index contributed by atoms with van der Waals surface area (Å²) in [5, 5.41) is 15.3. The Labute approximate surface area is 388 Å². The van der Waals surface area contributed by atoms with Crippen LogP contribution >= 0.6 is 0 Å². The Kier molecular flexibility index (Phi) is 9.59. The molecule has 0 aliphatic carbocycles. The van der Waals surface area contributed by atoms with E-state index in [0.29, 0.717) is 28.1 Å². The summed E-state index contributed by atoms with van der Waals surface area (Å²) in [4.78, 5) is 9.32. The molecule has 0 bridgehead atoms. The first kappa shape index (κ1) is 40.4. The molecule has 68 heavy (non-hydrogen) atoms. The first-order valence-corrected chi connectivity index (χ1v) is 22.2. The van der Waals surface area contributed by atoms with Gasteiger partial charge in [0.05, 0.1) is 50.4 Å². The molecule has 8 aromatic carbocycles. The fraction of sp³-hybridized carbons (Fsp3) is 0.0167. The van der Waals surface area contributed by atoms with Gasteiger partial charge in [-0.3, -0.25) is 9.97 Å². The minimum Gasteiger partial charge on any atom is -0.308 e. The Bertz CT molecular complexity index is 3750. The zero-order valence-corrected chi connectivity index (χ0v) is 36.2. The summed E-state index contributed by atoms with van der Waals surface area (Å²) in [6.45, 7) is 0. The highest BCUT2D eigenvalue weighted by Gasteiger charge is 2.31. The zero-order valence-electron chi connectivity index (χ0n) is 36.2. The van der Waals surface area contributed by atoms with E-state index in [-0.39, 0.29) is 0 Å². The molecule has 0 fully saturated rings. The van der Waals surface area contributed by atoms with Gasteiger partial charge < -0.3 is 9.13 Å². The fourth-order valence-corrected chi connectivity index (χ4v) is 9.70. The molecule has 5 nitrogen and oxygen atoms in total. The van der Waals surface area contributed by atoms with Crippen LogP contribution in [0.2, 0.25) is 0 Å². The zero-order chi connectivity index (χ0) is 45.9. The molecule has 8 heteroatoms. The van der Waals surface area contributed by atoms with Crippen LogP contribution in [0.1, 0.15) is 11.1 Å². The van der Waals surface area contributed by atoms with Gasteiger partial charge in [0.15, 0.2) is 0 Å². The van der Waals surface area contributed by atoms with Crippen LogP contribution in [0.15, 0.2) is 219 Å². The number of hydrogen-bond acceptors (Lipinski definition) is 3. The fourth-order valence-electron chi connectivity index (χ4n) is 9.70. The summed E-state index contributed by atoms with van der Waals surface area (Å²) in [5.74, 6) is 0. The Morgan fingerprint density at radius 2 is 0.794 bits per heavy atom. The van der Waals surface area contributed by atoms with Crippen LogP contribution in [0.4, 0.5) is 13.2 Å². The topological polar surface area (TPSA) is 59.4 Å². The summed E-state index contributed by atoms with van der Waals surface area (Å²) in [5.41, 5.74) is 12.7. The Hall–Kier alpha value is -9.06. The van der Waals surface area contributed by atoms with Crippen LogP contribution in [0, 0.1) is 11.3 Å². The highest BCUT2D eigenvalue weighted by Crippen LogP contribution is 2.43. The summed E-state index contributed by atoms with van der Waals surface area (Å²) < 4.78 is 47.3. The summed E-state index contributed by atoms with van der Waals surface area (Å²) in [7, 11) is 0. The van der Waals surface area contributed by atoms with E-state index >= 15 is 0 Å². The standard InChI is InChI=1S/C60H36F3N5/c61-60(62,63)46-17-11-16-40(30-46)45-35-58(67-54-20-9-7-18-47(54)49-31-41(22-24-56(49)67)43-26-28-65-52(33-43)38-12-3-1-4-13-38)51(37-64)59(36-45)68-55-21-10-8-19-48(55)50-32-42(23-25-57(50)68)44-27-29-66-53(34-44)39-14-5-2-6-15-39/h1-36H. The van der Waals surface area contributed by atoms with Crippen molar-refractivity contribution in [3.05, 3.63) is 230 Å². The second-order valence-electron chi connectivity index (χ2n) is 16.8. The van der Waals surface area contributed by atoms with Crippen molar-refractivity contribution in [2.45, 2.75) is 6.18 Å². The van der Waals surface area contributed by atoms with Crippen molar-refractivity contribution >= 4 is 43.6 Å². The molecule has 0 atom stereocenters. The van der Waals surface area contributed by atoms with Gasteiger partial charge in [0.1, 0.15) is 11.6 Å². The highest BCUT2D eigenvalue weighted by molar-refractivity contribution is 6.12. The third kappa shape index (κ3) is 6.88. The van der Waals surface area contributed by atoms with Crippen LogP contribution in [-0.4, -0.2) is 19.1 Å². The van der Waals surface area contributed by atoms with E-state index in [1.165, 1.54) is 12.1 Å². The number of hydrogen-bond donors (Lipinski definition) is 0. The molecule has 0 N–H and O–H groups in total. The molecular formula is C60H36F3N5. The number of benzene rings is 8. The van der Waals surface area contributed by atoms with Crippen LogP contribution in [0.25, 0.3) is 111 Å². The lowest BCUT2D eigenvalue weighted by Gasteiger charge is -2.19. The van der Waals surface area contributed by atoms with Crippen molar-refractivity contribution in [3.8, 4) is 73.3 Å². The van der Waals surface area contributed by atoms with Gasteiger partial charge in [0.2, 0.25) is 0 Å². The van der Waals surface area contributed by atoms with E-state index in [9.17, 15) is 18.4 Å². The third-order valence-corrected chi connectivity index (χ3v) is 12.9. The quantitative estimate of drug-likeness (QED) is 0.160. The average Bonchev–Trinajstić information content (AvgIpc) is 3.90.